The second kappa shape index (κ2) is 9.52. The summed E-state index contributed by atoms with van der Waals surface area (Å²) in [5.41, 5.74) is 12.0. The maximum absolute atomic E-state index is 12.4. The highest BCUT2D eigenvalue weighted by Gasteiger charge is 2.22. The topological polar surface area (TPSA) is 88.0 Å². The molecule has 4 N–H and O–H groups in total. The van der Waals surface area contributed by atoms with Crippen LogP contribution in [0.1, 0.15) is 42.9 Å². The van der Waals surface area contributed by atoms with Crippen molar-refractivity contribution in [3.63, 3.8) is 0 Å². The summed E-state index contributed by atoms with van der Waals surface area (Å²) in [5, 5.41) is 3.40. The van der Waals surface area contributed by atoms with Crippen LogP contribution in [0.15, 0.2) is 47.6 Å². The van der Waals surface area contributed by atoms with E-state index in [1.54, 1.807) is 0 Å². The summed E-state index contributed by atoms with van der Waals surface area (Å²) in [6, 6.07) is 16.3. The lowest BCUT2D eigenvalue weighted by molar-refractivity contribution is -0.130. The summed E-state index contributed by atoms with van der Waals surface area (Å²) in [5.74, 6) is 5.29. The fourth-order valence-corrected chi connectivity index (χ4v) is 4.72. The molecule has 1 atom stereocenters. The fourth-order valence-electron chi connectivity index (χ4n) is 4.72. The van der Waals surface area contributed by atoms with Crippen molar-refractivity contribution in [1.29, 1.82) is 0 Å². The zero-order valence-electron chi connectivity index (χ0n) is 18.4. The maximum Gasteiger partial charge on any atom is 0.230 e. The van der Waals surface area contributed by atoms with Gasteiger partial charge in [0, 0.05) is 25.7 Å². The molecule has 1 saturated heterocycles. The van der Waals surface area contributed by atoms with Crippen molar-refractivity contribution in [2.75, 3.05) is 19.6 Å². The molecule has 6 heteroatoms. The predicted molar refractivity (Wildman–Crippen MR) is 125 cm³/mol. The lowest BCUT2D eigenvalue weighted by Crippen LogP contribution is -2.38. The van der Waals surface area contributed by atoms with E-state index in [0.29, 0.717) is 13.1 Å². The number of fused-ring (bicyclic) bond motifs is 1. The molecule has 2 aliphatic rings. The number of nitrogens with zero attached hydrogens (tertiary/aromatic N) is 3. The SMILES string of the molecule is CC1CCCN1CCc1ccc(-c2ccc3c(c2)CCN(C(=O)C/C(N)=N/N)C3)cc1. The van der Waals surface area contributed by atoms with Crippen LogP contribution in [-0.2, 0) is 24.2 Å². The molecule has 0 aromatic heterocycles. The third kappa shape index (κ3) is 5.07. The van der Waals surface area contributed by atoms with Crippen LogP contribution >= 0.6 is 0 Å². The van der Waals surface area contributed by atoms with Crippen LogP contribution in [0.5, 0.6) is 0 Å². The first kappa shape index (κ1) is 21.4. The molecule has 0 bridgehead atoms. The van der Waals surface area contributed by atoms with Gasteiger partial charge in [-0.3, -0.25) is 4.79 Å². The van der Waals surface area contributed by atoms with E-state index in [2.05, 4.69) is 59.4 Å². The summed E-state index contributed by atoms with van der Waals surface area (Å²) < 4.78 is 0. The average molecular weight is 420 g/mol. The summed E-state index contributed by atoms with van der Waals surface area (Å²) in [7, 11) is 0. The minimum absolute atomic E-state index is 0.0275. The van der Waals surface area contributed by atoms with E-state index in [-0.39, 0.29) is 18.2 Å². The molecule has 2 aliphatic heterocycles. The number of amides is 1. The van der Waals surface area contributed by atoms with Crippen LogP contribution in [0, 0.1) is 0 Å². The van der Waals surface area contributed by atoms with Crippen molar-refractivity contribution in [2.24, 2.45) is 16.7 Å². The number of amidine groups is 1. The Bertz CT molecular complexity index is 953. The highest BCUT2D eigenvalue weighted by atomic mass is 16.2. The fraction of sp³-hybridized carbons (Fsp3) is 0.440. The molecule has 1 fully saturated rings. The molecule has 0 spiro atoms. The monoisotopic (exact) mass is 419 g/mol. The minimum Gasteiger partial charge on any atom is -0.385 e. The van der Waals surface area contributed by atoms with Crippen molar-refractivity contribution in [3.8, 4) is 11.1 Å². The Kier molecular flexibility index (Phi) is 6.56. The van der Waals surface area contributed by atoms with Gasteiger partial charge in [-0.15, -0.1) is 0 Å². The predicted octanol–water partition coefficient (Wildman–Crippen LogP) is 2.89. The Hall–Kier alpha value is -2.86. The van der Waals surface area contributed by atoms with Crippen LogP contribution in [0.25, 0.3) is 11.1 Å². The van der Waals surface area contributed by atoms with E-state index in [4.69, 9.17) is 11.6 Å². The van der Waals surface area contributed by atoms with Gasteiger partial charge >= 0.3 is 0 Å². The van der Waals surface area contributed by atoms with Crippen LogP contribution in [-0.4, -0.2) is 47.2 Å². The molecule has 2 heterocycles. The smallest absolute Gasteiger partial charge is 0.230 e. The standard InChI is InChI=1S/C25H33N5O/c1-18-3-2-12-29(18)13-10-19-4-6-20(7-5-19)21-8-9-23-17-30(14-11-22(23)15-21)25(31)16-24(26)28-27/h4-9,15,18H,2-3,10-14,16-17,27H2,1H3,(H2,26,28). The van der Waals surface area contributed by atoms with Crippen LogP contribution in [0.3, 0.4) is 0 Å². The number of hydrogen-bond acceptors (Lipinski definition) is 4. The zero-order chi connectivity index (χ0) is 21.8. The Morgan fingerprint density at radius 3 is 2.58 bits per heavy atom. The van der Waals surface area contributed by atoms with Gasteiger partial charge in [0.2, 0.25) is 5.91 Å². The highest BCUT2D eigenvalue weighted by molar-refractivity contribution is 5.98. The summed E-state index contributed by atoms with van der Waals surface area (Å²) in [6.45, 7) is 6.04. The van der Waals surface area contributed by atoms with Gasteiger partial charge in [0.25, 0.3) is 0 Å². The second-order valence-electron chi connectivity index (χ2n) is 8.82. The molecule has 1 amide bonds. The molecule has 2 aromatic carbocycles. The van der Waals surface area contributed by atoms with Crippen molar-refractivity contribution in [3.05, 3.63) is 59.2 Å². The Morgan fingerprint density at radius 1 is 1.10 bits per heavy atom. The molecule has 0 saturated carbocycles. The second-order valence-corrected chi connectivity index (χ2v) is 8.82. The number of carbonyl (C=O) groups is 1. The first-order valence-electron chi connectivity index (χ1n) is 11.3. The molecular formula is C25H33N5O. The number of rotatable bonds is 6. The molecule has 1 unspecified atom stereocenters. The van der Waals surface area contributed by atoms with Gasteiger partial charge in [-0.05, 0) is 67.0 Å². The Labute approximate surface area is 184 Å². The molecule has 31 heavy (non-hydrogen) atoms. The van der Waals surface area contributed by atoms with Crippen LogP contribution < -0.4 is 11.6 Å². The first-order valence-corrected chi connectivity index (χ1v) is 11.3. The quantitative estimate of drug-likeness (QED) is 0.326. The summed E-state index contributed by atoms with van der Waals surface area (Å²) in [4.78, 5) is 16.8. The van der Waals surface area contributed by atoms with Crippen LogP contribution in [0.2, 0.25) is 0 Å². The highest BCUT2D eigenvalue weighted by Crippen LogP contribution is 2.27. The lowest BCUT2D eigenvalue weighted by atomic mass is 9.94. The molecule has 2 aromatic rings. The Morgan fingerprint density at radius 2 is 1.87 bits per heavy atom. The molecule has 0 aliphatic carbocycles. The number of hydrazone groups is 1. The van der Waals surface area contributed by atoms with Gasteiger partial charge in [-0.25, -0.2) is 0 Å². The number of hydrogen-bond donors (Lipinski definition) is 2. The van der Waals surface area contributed by atoms with E-state index in [0.717, 1.165) is 25.4 Å². The van der Waals surface area contributed by atoms with E-state index >= 15 is 0 Å². The third-order valence-electron chi connectivity index (χ3n) is 6.73. The molecular weight excluding hydrogens is 386 g/mol. The van der Waals surface area contributed by atoms with E-state index in [1.165, 1.54) is 47.2 Å². The van der Waals surface area contributed by atoms with E-state index in [1.807, 2.05) is 4.90 Å². The number of carbonyl (C=O) groups excluding carboxylic acids is 1. The number of nitrogens with two attached hydrogens (primary N) is 2. The van der Waals surface area contributed by atoms with Gasteiger partial charge in [0.05, 0.1) is 6.42 Å². The van der Waals surface area contributed by atoms with Gasteiger partial charge in [0.15, 0.2) is 0 Å². The van der Waals surface area contributed by atoms with Crippen molar-refractivity contribution in [1.82, 2.24) is 9.80 Å². The molecule has 164 valence electrons. The third-order valence-corrected chi connectivity index (χ3v) is 6.73. The van der Waals surface area contributed by atoms with E-state index < -0.39 is 0 Å². The Balaban J connectivity index is 1.38. The first-order chi connectivity index (χ1) is 15.0. The van der Waals surface area contributed by atoms with Gasteiger partial charge in [-0.2, -0.15) is 5.10 Å². The zero-order valence-corrected chi connectivity index (χ0v) is 18.4. The molecule has 0 radical (unpaired) electrons. The van der Waals surface area contributed by atoms with E-state index in [9.17, 15) is 4.79 Å². The lowest BCUT2D eigenvalue weighted by Gasteiger charge is -2.29. The van der Waals surface area contributed by atoms with Crippen molar-refractivity contribution >= 4 is 11.7 Å². The normalized spacial score (nSPS) is 19.5. The number of likely N-dealkylation sites (tertiary alicyclic amines) is 1. The largest absolute Gasteiger partial charge is 0.385 e. The summed E-state index contributed by atoms with van der Waals surface area (Å²) >= 11 is 0. The maximum atomic E-state index is 12.4. The molecule has 6 nitrogen and oxygen atoms in total. The average Bonchev–Trinajstić information content (AvgIpc) is 3.21. The van der Waals surface area contributed by atoms with Gasteiger partial charge < -0.3 is 21.4 Å². The van der Waals surface area contributed by atoms with Gasteiger partial charge in [0.1, 0.15) is 5.84 Å². The molecule has 4 rings (SSSR count). The summed E-state index contributed by atoms with van der Waals surface area (Å²) in [6.07, 6.45) is 4.70. The van der Waals surface area contributed by atoms with Crippen molar-refractivity contribution in [2.45, 2.75) is 51.6 Å². The van der Waals surface area contributed by atoms with Crippen LogP contribution in [0.4, 0.5) is 0 Å². The minimum atomic E-state index is -0.0275. The number of benzene rings is 2. The van der Waals surface area contributed by atoms with Gasteiger partial charge in [-0.1, -0.05) is 42.5 Å². The van der Waals surface area contributed by atoms with Crippen molar-refractivity contribution < 1.29 is 4.79 Å².